The molecular weight excluding hydrogens is 1280 g/mol. The minimum atomic E-state index is -1.48. The maximum atomic E-state index is 9.29. The van der Waals surface area contributed by atoms with Crippen molar-refractivity contribution in [1.82, 2.24) is 19.9 Å². The van der Waals surface area contributed by atoms with Crippen LogP contribution in [0.4, 0.5) is 0 Å². The van der Waals surface area contributed by atoms with Crippen LogP contribution < -0.4 is 5.46 Å². The molecule has 0 spiro atoms. The summed E-state index contributed by atoms with van der Waals surface area (Å²) in [6.07, 6.45) is 7.44. The summed E-state index contributed by atoms with van der Waals surface area (Å²) in [5.41, 5.74) is 22.5. The second-order valence-corrected chi connectivity index (χ2v) is 25.5. The molecule has 0 aliphatic heterocycles. The quantitative estimate of drug-likeness (QED) is 0.105. The van der Waals surface area contributed by atoms with Crippen molar-refractivity contribution in [2.24, 2.45) is 0 Å². The van der Waals surface area contributed by atoms with Gasteiger partial charge in [0, 0.05) is 40.4 Å². The molecule has 6 nitrogen and oxygen atoms in total. The molecule has 0 bridgehead atoms. The van der Waals surface area contributed by atoms with Crippen molar-refractivity contribution in [3.63, 3.8) is 0 Å². The van der Waals surface area contributed by atoms with Crippen molar-refractivity contribution in [2.45, 2.75) is 0 Å². The first-order chi connectivity index (χ1) is 49.4. The number of benzene rings is 15. The Morgan fingerprint density at radius 2 is 0.540 bits per heavy atom. The van der Waals surface area contributed by atoms with Gasteiger partial charge in [-0.1, -0.05) is 303 Å². The van der Waals surface area contributed by atoms with E-state index < -0.39 is 7.12 Å². The highest BCUT2D eigenvalue weighted by molar-refractivity contribution is 9.10. The van der Waals surface area contributed by atoms with Gasteiger partial charge in [-0.15, -0.1) is 0 Å². The van der Waals surface area contributed by atoms with Gasteiger partial charge in [0.25, 0.3) is 0 Å². The molecule has 0 aliphatic rings. The van der Waals surface area contributed by atoms with Gasteiger partial charge in [0.1, 0.15) is 0 Å². The van der Waals surface area contributed by atoms with Crippen molar-refractivity contribution in [3.05, 3.63) is 369 Å². The first kappa shape index (κ1) is 62.5. The van der Waals surface area contributed by atoms with E-state index in [-0.39, 0.29) is 0 Å². The molecule has 0 saturated heterocycles. The summed E-state index contributed by atoms with van der Waals surface area (Å²) in [5.74, 6) is 0. The number of hydrogen-bond donors (Lipinski definition) is 2. The first-order valence-corrected chi connectivity index (χ1v) is 34.2. The van der Waals surface area contributed by atoms with E-state index in [4.69, 9.17) is 9.97 Å². The Hall–Kier alpha value is -12.3. The molecule has 8 heteroatoms. The topological polar surface area (TPSA) is 92.0 Å². The number of nitrogens with zero attached hydrogens (tertiary/aromatic N) is 4. The second-order valence-electron chi connectivity index (χ2n) is 24.7. The predicted molar refractivity (Wildman–Crippen MR) is 422 cm³/mol. The van der Waals surface area contributed by atoms with Crippen LogP contribution in [-0.2, 0) is 0 Å². The van der Waals surface area contributed by atoms with Gasteiger partial charge in [0.05, 0.1) is 22.4 Å². The lowest BCUT2D eigenvalue weighted by Crippen LogP contribution is -2.29. The number of fused-ring (bicyclic) bond motifs is 6. The Balaban J connectivity index is 0.000000127. The van der Waals surface area contributed by atoms with Crippen LogP contribution in [0.15, 0.2) is 369 Å². The molecule has 15 aromatic carbocycles. The van der Waals surface area contributed by atoms with Crippen molar-refractivity contribution in [3.8, 4) is 100 Å². The molecular formula is C92H62BBrN4O2. The molecule has 100 heavy (non-hydrogen) atoms. The Morgan fingerprint density at radius 3 is 0.920 bits per heavy atom. The predicted octanol–water partition coefficient (Wildman–Crippen LogP) is 23.0. The minimum Gasteiger partial charge on any atom is -0.423 e. The standard InChI is InChI=1S/C47H31N.C25H16BrN.C20H15BN2O2/c1-2-11-33(12-3-1)44-29-37-13-4-5-14-38(37)30-45(44)34-22-26-36(27-23-34)47-42-18-8-6-16-40(42)46(41-17-7-9-19-43(41)47)35-24-20-32(21-25-35)39-15-10-28-48-31-39;26-25-22-9-3-1-7-20(22)24(21-8-2-4-10-23(21)25)18-13-11-17(12-14-18)19-6-5-15-27-16-19;24-21(25)16-12-10-15(11-13-16)20-19(14-6-2-1-3-7-14)22-17-8-4-5-9-18(17)23-20/h1-31H;1-16H;1-13,24-25H. The molecule has 0 fully saturated rings. The van der Waals surface area contributed by atoms with E-state index in [1.54, 1.807) is 18.3 Å². The zero-order chi connectivity index (χ0) is 67.3. The summed E-state index contributed by atoms with van der Waals surface area (Å²) in [4.78, 5) is 18.2. The fourth-order valence-electron chi connectivity index (χ4n) is 13.8. The molecule has 3 heterocycles. The van der Waals surface area contributed by atoms with E-state index in [0.29, 0.717) is 5.46 Å². The molecule has 18 rings (SSSR count). The Kier molecular flexibility index (Phi) is 17.5. The van der Waals surface area contributed by atoms with Crippen LogP contribution in [0, 0.1) is 0 Å². The third-order valence-electron chi connectivity index (χ3n) is 18.7. The van der Waals surface area contributed by atoms with Crippen molar-refractivity contribution in [2.75, 3.05) is 0 Å². The third kappa shape index (κ3) is 12.5. The van der Waals surface area contributed by atoms with Crippen LogP contribution in [0.25, 0.3) is 165 Å². The Bertz CT molecular complexity index is 5850. The fourth-order valence-corrected chi connectivity index (χ4v) is 14.5. The van der Waals surface area contributed by atoms with Gasteiger partial charge in [-0.2, -0.15) is 0 Å². The van der Waals surface area contributed by atoms with Gasteiger partial charge in [-0.05, 0) is 190 Å². The molecule has 0 amide bonds. The number of halogens is 1. The smallest absolute Gasteiger partial charge is 0.423 e. The van der Waals surface area contributed by atoms with Gasteiger partial charge >= 0.3 is 7.12 Å². The monoisotopic (exact) mass is 1340 g/mol. The maximum Gasteiger partial charge on any atom is 0.488 e. The van der Waals surface area contributed by atoms with Crippen molar-refractivity contribution in [1.29, 1.82) is 0 Å². The zero-order valence-corrected chi connectivity index (χ0v) is 55.9. The lowest BCUT2D eigenvalue weighted by molar-refractivity contribution is 0.426. The van der Waals surface area contributed by atoms with E-state index in [9.17, 15) is 10.0 Å². The van der Waals surface area contributed by atoms with E-state index in [1.165, 1.54) is 121 Å². The molecule has 0 aliphatic carbocycles. The molecule has 18 aromatic rings. The van der Waals surface area contributed by atoms with Gasteiger partial charge in [-0.3, -0.25) is 9.97 Å². The molecule has 3 aromatic heterocycles. The highest BCUT2D eigenvalue weighted by atomic mass is 79.9. The Labute approximate surface area is 588 Å². The van der Waals surface area contributed by atoms with Crippen LogP contribution in [0.2, 0.25) is 0 Å². The van der Waals surface area contributed by atoms with Crippen LogP contribution in [-0.4, -0.2) is 37.1 Å². The molecule has 2 N–H and O–H groups in total. The van der Waals surface area contributed by atoms with Crippen LogP contribution >= 0.6 is 15.9 Å². The van der Waals surface area contributed by atoms with E-state index >= 15 is 0 Å². The van der Waals surface area contributed by atoms with E-state index in [2.05, 4.69) is 275 Å². The van der Waals surface area contributed by atoms with Gasteiger partial charge in [0.15, 0.2) is 0 Å². The van der Waals surface area contributed by atoms with Crippen LogP contribution in [0.5, 0.6) is 0 Å². The van der Waals surface area contributed by atoms with Gasteiger partial charge in [0.2, 0.25) is 0 Å². The summed E-state index contributed by atoms with van der Waals surface area (Å²) in [6, 6.07) is 119. The van der Waals surface area contributed by atoms with E-state index in [1.807, 2.05) is 97.5 Å². The molecule has 0 radical (unpaired) electrons. The summed E-state index contributed by atoms with van der Waals surface area (Å²) < 4.78 is 1.16. The third-order valence-corrected chi connectivity index (χ3v) is 19.5. The molecule has 472 valence electrons. The second kappa shape index (κ2) is 28.0. The van der Waals surface area contributed by atoms with Crippen LogP contribution in [0.3, 0.4) is 0 Å². The van der Waals surface area contributed by atoms with Crippen LogP contribution in [0.1, 0.15) is 0 Å². The Morgan fingerprint density at radius 1 is 0.250 bits per heavy atom. The number of aromatic nitrogens is 4. The lowest BCUT2D eigenvalue weighted by atomic mass is 9.80. The summed E-state index contributed by atoms with van der Waals surface area (Å²) >= 11 is 3.82. The lowest BCUT2D eigenvalue weighted by Gasteiger charge is -2.18. The molecule has 0 unspecified atom stereocenters. The summed E-state index contributed by atoms with van der Waals surface area (Å²) in [6.45, 7) is 0. The highest BCUT2D eigenvalue weighted by Crippen LogP contribution is 2.46. The first-order valence-electron chi connectivity index (χ1n) is 33.4. The average Bonchev–Trinajstić information content (AvgIpc) is 0.742. The van der Waals surface area contributed by atoms with Gasteiger partial charge < -0.3 is 10.0 Å². The van der Waals surface area contributed by atoms with E-state index in [0.717, 1.165) is 49.1 Å². The summed E-state index contributed by atoms with van der Waals surface area (Å²) in [5, 5.41) is 31.1. The number of rotatable bonds is 10. The largest absolute Gasteiger partial charge is 0.488 e. The average molecular weight is 1350 g/mol. The summed E-state index contributed by atoms with van der Waals surface area (Å²) in [7, 11) is -1.48. The zero-order valence-electron chi connectivity index (χ0n) is 54.3. The fraction of sp³-hybridized carbons (Fsp3) is 0. The number of para-hydroxylation sites is 2. The highest BCUT2D eigenvalue weighted by Gasteiger charge is 2.20. The number of pyridine rings is 2. The minimum absolute atomic E-state index is 0.443. The normalized spacial score (nSPS) is 11.2. The molecule has 0 atom stereocenters. The molecule has 0 saturated carbocycles. The van der Waals surface area contributed by atoms with Gasteiger partial charge in [-0.25, -0.2) is 9.97 Å². The van der Waals surface area contributed by atoms with Crippen molar-refractivity contribution < 1.29 is 10.0 Å². The number of hydrogen-bond acceptors (Lipinski definition) is 6. The van der Waals surface area contributed by atoms with Crippen molar-refractivity contribution >= 4 is 93.4 Å². The SMILES string of the molecule is Brc1c2ccccc2c(-c2ccc(-c3cccnc3)cc2)c2ccccc12.OB(O)c1ccc(-c2nc3ccccc3nc2-c2ccccc2)cc1.c1ccc(-c2cc3ccccc3cc2-c2ccc(-c3c4ccccc4c(-c4ccc(-c5cccnc5)cc4)c4ccccc34)cc2)cc1. The maximum absolute atomic E-state index is 9.29.